The minimum atomic E-state index is -0.626. The molecule has 20 heavy (non-hydrogen) atoms. The molecule has 0 spiro atoms. The van der Waals surface area contributed by atoms with Crippen molar-refractivity contribution in [3.05, 3.63) is 0 Å². The fraction of sp³-hybridized carbons (Fsp3) is 0.857. The standard InChI is InChI=1S/C14H27N3O3/c1-13(2,3)17(12(19)20-14(4,5)6)11(18)10-9-15-7-8-16-10/h10,15-16H,7-9H2,1-6H3/t10-/m1/s1. The number of rotatable bonds is 1. The number of ether oxygens (including phenoxy) is 1. The molecule has 1 saturated heterocycles. The normalized spacial score (nSPS) is 20.4. The first-order valence-corrected chi connectivity index (χ1v) is 7.03. The van der Waals surface area contributed by atoms with E-state index in [1.165, 1.54) is 4.90 Å². The lowest BCUT2D eigenvalue weighted by Gasteiger charge is -2.38. The first-order chi connectivity index (χ1) is 9.02. The van der Waals surface area contributed by atoms with Gasteiger partial charge in [0, 0.05) is 25.2 Å². The lowest BCUT2D eigenvalue weighted by molar-refractivity contribution is -0.137. The maximum atomic E-state index is 12.6. The van der Waals surface area contributed by atoms with Crippen LogP contribution in [0.25, 0.3) is 0 Å². The third kappa shape index (κ3) is 4.76. The smallest absolute Gasteiger partial charge is 0.417 e. The number of nitrogens with one attached hydrogen (secondary N) is 2. The SMILES string of the molecule is CC(C)(C)OC(=O)N(C(=O)[C@H]1CNCCN1)C(C)(C)C. The van der Waals surface area contributed by atoms with Crippen LogP contribution in [0.1, 0.15) is 41.5 Å². The number of imide groups is 1. The van der Waals surface area contributed by atoms with E-state index in [-0.39, 0.29) is 5.91 Å². The Morgan fingerprint density at radius 2 is 1.70 bits per heavy atom. The fourth-order valence-electron chi connectivity index (χ4n) is 1.99. The van der Waals surface area contributed by atoms with Gasteiger partial charge in [0.25, 0.3) is 5.91 Å². The average molecular weight is 285 g/mol. The number of carbonyl (C=O) groups excluding carboxylic acids is 2. The Hall–Kier alpha value is -1.14. The second kappa shape index (κ2) is 6.10. The summed E-state index contributed by atoms with van der Waals surface area (Å²) < 4.78 is 5.36. The highest BCUT2D eigenvalue weighted by Gasteiger charge is 2.39. The van der Waals surface area contributed by atoms with Gasteiger partial charge in [0.1, 0.15) is 11.6 Å². The summed E-state index contributed by atoms with van der Waals surface area (Å²) in [7, 11) is 0. The van der Waals surface area contributed by atoms with Crippen molar-refractivity contribution < 1.29 is 14.3 Å². The van der Waals surface area contributed by atoms with Crippen molar-refractivity contribution in [1.82, 2.24) is 15.5 Å². The van der Waals surface area contributed by atoms with Crippen LogP contribution >= 0.6 is 0 Å². The third-order valence-corrected chi connectivity index (χ3v) is 2.81. The molecule has 0 bridgehead atoms. The predicted octanol–water partition coefficient (Wildman–Crippen LogP) is 1.11. The van der Waals surface area contributed by atoms with E-state index in [2.05, 4.69) is 10.6 Å². The van der Waals surface area contributed by atoms with Crippen molar-refractivity contribution in [3.8, 4) is 0 Å². The number of nitrogens with zero attached hydrogens (tertiary/aromatic N) is 1. The summed E-state index contributed by atoms with van der Waals surface area (Å²) in [6.07, 6.45) is -0.595. The van der Waals surface area contributed by atoms with Crippen molar-refractivity contribution in [2.75, 3.05) is 19.6 Å². The number of piperazine rings is 1. The molecule has 1 heterocycles. The highest BCUT2D eigenvalue weighted by atomic mass is 16.6. The van der Waals surface area contributed by atoms with Gasteiger partial charge in [-0.2, -0.15) is 0 Å². The molecule has 1 aliphatic heterocycles. The van der Waals surface area contributed by atoms with E-state index in [9.17, 15) is 9.59 Å². The van der Waals surface area contributed by atoms with Crippen LogP contribution in [-0.4, -0.2) is 53.7 Å². The molecular formula is C14H27N3O3. The summed E-state index contributed by atoms with van der Waals surface area (Å²) in [5.74, 6) is -0.251. The van der Waals surface area contributed by atoms with Crippen molar-refractivity contribution in [2.24, 2.45) is 0 Å². The van der Waals surface area contributed by atoms with Crippen LogP contribution in [0, 0.1) is 0 Å². The van der Waals surface area contributed by atoms with Gasteiger partial charge in [-0.05, 0) is 41.5 Å². The number of carbonyl (C=O) groups is 2. The van der Waals surface area contributed by atoms with Crippen LogP contribution in [0.2, 0.25) is 0 Å². The van der Waals surface area contributed by atoms with E-state index >= 15 is 0 Å². The molecule has 1 aliphatic rings. The van der Waals surface area contributed by atoms with Gasteiger partial charge in [0.05, 0.1) is 0 Å². The zero-order valence-electron chi connectivity index (χ0n) is 13.4. The molecule has 1 fully saturated rings. The Bertz CT molecular complexity index is 363. The Morgan fingerprint density at radius 1 is 1.10 bits per heavy atom. The third-order valence-electron chi connectivity index (χ3n) is 2.81. The number of hydrogen-bond acceptors (Lipinski definition) is 5. The lowest BCUT2D eigenvalue weighted by Crippen LogP contribution is -2.61. The van der Waals surface area contributed by atoms with Gasteiger partial charge in [-0.1, -0.05) is 0 Å². The molecule has 1 atom stereocenters. The van der Waals surface area contributed by atoms with Gasteiger partial charge in [-0.15, -0.1) is 0 Å². The van der Waals surface area contributed by atoms with Gasteiger partial charge in [-0.25, -0.2) is 9.69 Å². The Labute approximate surface area is 121 Å². The van der Waals surface area contributed by atoms with E-state index in [1.54, 1.807) is 20.8 Å². The molecular weight excluding hydrogens is 258 g/mol. The maximum absolute atomic E-state index is 12.6. The predicted molar refractivity (Wildman–Crippen MR) is 77.5 cm³/mol. The molecule has 6 heteroatoms. The van der Waals surface area contributed by atoms with Gasteiger partial charge in [0.2, 0.25) is 0 Å². The molecule has 1 rings (SSSR count). The summed E-state index contributed by atoms with van der Waals surface area (Å²) in [6, 6.07) is -0.393. The lowest BCUT2D eigenvalue weighted by atomic mass is 10.0. The molecule has 0 aromatic heterocycles. The second-order valence-corrected chi connectivity index (χ2v) is 7.04. The van der Waals surface area contributed by atoms with Crippen LogP contribution in [-0.2, 0) is 9.53 Å². The fourth-order valence-corrected chi connectivity index (χ4v) is 1.99. The van der Waals surface area contributed by atoms with Crippen molar-refractivity contribution >= 4 is 12.0 Å². The molecule has 2 N–H and O–H groups in total. The molecule has 0 unspecified atom stereocenters. The molecule has 0 aromatic carbocycles. The first-order valence-electron chi connectivity index (χ1n) is 7.03. The van der Waals surface area contributed by atoms with Crippen LogP contribution in [0.3, 0.4) is 0 Å². The second-order valence-electron chi connectivity index (χ2n) is 7.04. The highest BCUT2D eigenvalue weighted by Crippen LogP contribution is 2.20. The Morgan fingerprint density at radius 3 is 2.10 bits per heavy atom. The molecule has 2 amide bonds. The van der Waals surface area contributed by atoms with Gasteiger partial charge < -0.3 is 15.4 Å². The van der Waals surface area contributed by atoms with Gasteiger partial charge >= 0.3 is 6.09 Å². The van der Waals surface area contributed by atoms with Crippen molar-refractivity contribution in [2.45, 2.75) is 58.7 Å². The largest absolute Gasteiger partial charge is 0.443 e. The molecule has 6 nitrogen and oxygen atoms in total. The van der Waals surface area contributed by atoms with E-state index in [1.807, 2.05) is 20.8 Å². The summed E-state index contributed by atoms with van der Waals surface area (Å²) >= 11 is 0. The Kier molecular flexibility index (Phi) is 5.15. The van der Waals surface area contributed by atoms with Crippen LogP contribution in [0.4, 0.5) is 4.79 Å². The molecule has 116 valence electrons. The Balaban J connectivity index is 2.89. The van der Waals surface area contributed by atoms with E-state index in [0.717, 1.165) is 6.54 Å². The monoisotopic (exact) mass is 285 g/mol. The molecule has 0 aliphatic carbocycles. The summed E-state index contributed by atoms with van der Waals surface area (Å²) in [5.41, 5.74) is -1.25. The zero-order chi connectivity index (χ0) is 15.6. The zero-order valence-corrected chi connectivity index (χ0v) is 13.4. The highest BCUT2D eigenvalue weighted by molar-refractivity contribution is 5.96. The summed E-state index contributed by atoms with van der Waals surface area (Å²) in [5, 5.41) is 6.27. The molecule has 0 saturated carbocycles. The van der Waals surface area contributed by atoms with E-state index < -0.39 is 23.3 Å². The molecule has 0 radical (unpaired) electrons. The first kappa shape index (κ1) is 16.9. The number of amides is 2. The summed E-state index contributed by atoms with van der Waals surface area (Å²) in [4.78, 5) is 26.1. The topological polar surface area (TPSA) is 70.7 Å². The minimum absolute atomic E-state index is 0.251. The quantitative estimate of drug-likeness (QED) is 0.755. The van der Waals surface area contributed by atoms with Crippen molar-refractivity contribution in [3.63, 3.8) is 0 Å². The van der Waals surface area contributed by atoms with E-state index in [0.29, 0.717) is 13.1 Å². The van der Waals surface area contributed by atoms with Crippen LogP contribution in [0.15, 0.2) is 0 Å². The molecule has 0 aromatic rings. The minimum Gasteiger partial charge on any atom is -0.443 e. The average Bonchev–Trinajstić information content (AvgIpc) is 2.25. The van der Waals surface area contributed by atoms with Crippen LogP contribution < -0.4 is 10.6 Å². The van der Waals surface area contributed by atoms with Crippen molar-refractivity contribution in [1.29, 1.82) is 0 Å². The van der Waals surface area contributed by atoms with E-state index in [4.69, 9.17) is 4.74 Å². The number of hydrogen-bond donors (Lipinski definition) is 2. The van der Waals surface area contributed by atoms with Gasteiger partial charge in [0.15, 0.2) is 0 Å². The van der Waals surface area contributed by atoms with Crippen LogP contribution in [0.5, 0.6) is 0 Å². The van der Waals surface area contributed by atoms with Gasteiger partial charge in [-0.3, -0.25) is 4.79 Å². The summed E-state index contributed by atoms with van der Waals surface area (Å²) in [6.45, 7) is 12.9. The maximum Gasteiger partial charge on any atom is 0.417 e.